The van der Waals surface area contributed by atoms with Crippen molar-refractivity contribution in [1.82, 2.24) is 25.1 Å². The third kappa shape index (κ3) is 2.16. The van der Waals surface area contributed by atoms with Crippen molar-refractivity contribution in [2.45, 2.75) is 24.4 Å². The molecule has 0 saturated heterocycles. The first-order chi connectivity index (χ1) is 11.8. The van der Waals surface area contributed by atoms with E-state index >= 15 is 0 Å². The minimum Gasteiger partial charge on any atom is -0.282 e. The van der Waals surface area contributed by atoms with Crippen LogP contribution in [0.1, 0.15) is 23.2 Å². The van der Waals surface area contributed by atoms with Gasteiger partial charge in [0.25, 0.3) is 0 Å². The summed E-state index contributed by atoms with van der Waals surface area (Å²) in [7, 11) is 0. The summed E-state index contributed by atoms with van der Waals surface area (Å²) in [5.74, 6) is 1.50. The predicted octanol–water partition coefficient (Wildman–Crippen LogP) is 3.28. The van der Waals surface area contributed by atoms with E-state index in [0.29, 0.717) is 0 Å². The van der Waals surface area contributed by atoms with E-state index in [2.05, 4.69) is 42.4 Å². The number of benzene rings is 1. The molecule has 2 aliphatic rings. The molecule has 0 fully saturated rings. The number of hydrogen-bond donors (Lipinski definition) is 1. The van der Waals surface area contributed by atoms with E-state index in [0.717, 1.165) is 57.4 Å². The number of thioether (sulfide) groups is 1. The number of hydrogen-bond acceptors (Lipinski definition) is 5. The van der Waals surface area contributed by atoms with Gasteiger partial charge in [0.2, 0.25) is 11.0 Å². The molecule has 3 heterocycles. The Bertz CT molecular complexity index is 973. The quantitative estimate of drug-likeness (QED) is 0.716. The monoisotopic (exact) mass is 400 g/mol. The van der Waals surface area contributed by atoms with Gasteiger partial charge in [0.05, 0.1) is 5.71 Å². The Morgan fingerprint density at radius 1 is 1.17 bits per heavy atom. The molecule has 0 atom stereocenters. The number of fused-ring (bicyclic) bond motifs is 2. The maximum absolute atomic E-state index is 4.82. The summed E-state index contributed by atoms with van der Waals surface area (Å²) in [5.41, 5.74) is 5.48. The molecule has 2 aromatic heterocycles. The molecule has 1 aliphatic heterocycles. The molecule has 1 aliphatic carbocycles. The molecular formula is C16H13BrN6S. The molecule has 120 valence electrons. The summed E-state index contributed by atoms with van der Waals surface area (Å²) in [6.07, 6.45) is 3.26. The second kappa shape index (κ2) is 5.56. The molecule has 0 unspecified atom stereocenters. The Labute approximate surface area is 150 Å². The summed E-state index contributed by atoms with van der Waals surface area (Å²) in [4.78, 5) is 0. The fourth-order valence-corrected chi connectivity index (χ4v) is 4.55. The van der Waals surface area contributed by atoms with Crippen LogP contribution in [0.25, 0.3) is 11.5 Å². The van der Waals surface area contributed by atoms with E-state index in [1.165, 1.54) is 11.3 Å². The molecular weight excluding hydrogens is 388 g/mol. The molecule has 3 aromatic rings. The average molecular weight is 401 g/mol. The average Bonchev–Trinajstić information content (AvgIpc) is 3.29. The van der Waals surface area contributed by atoms with Crippen molar-refractivity contribution >= 4 is 33.4 Å². The molecule has 1 aromatic carbocycles. The van der Waals surface area contributed by atoms with Gasteiger partial charge in [-0.15, -0.1) is 10.2 Å². The standard InChI is InChI=1S/C16H13BrN6S/c17-11-6-2-1-4-9(11)13-8-24-16-21-20-15(23(16)22-13)14-10-5-3-7-12(10)18-19-14/h1-2,4,6H,3,5,7-8H2,(H,18,19). The van der Waals surface area contributed by atoms with E-state index in [9.17, 15) is 0 Å². The van der Waals surface area contributed by atoms with Gasteiger partial charge in [0.15, 0.2) is 0 Å². The van der Waals surface area contributed by atoms with Gasteiger partial charge >= 0.3 is 0 Å². The van der Waals surface area contributed by atoms with E-state index in [-0.39, 0.29) is 0 Å². The van der Waals surface area contributed by atoms with Gasteiger partial charge in [-0.25, -0.2) is 0 Å². The summed E-state index contributed by atoms with van der Waals surface area (Å²) in [5, 5.41) is 21.9. The molecule has 6 nitrogen and oxygen atoms in total. The zero-order chi connectivity index (χ0) is 16.1. The van der Waals surface area contributed by atoms with Crippen molar-refractivity contribution < 1.29 is 0 Å². The van der Waals surface area contributed by atoms with Crippen LogP contribution in [0, 0.1) is 0 Å². The van der Waals surface area contributed by atoms with Gasteiger partial charge in [-0.3, -0.25) is 5.10 Å². The maximum atomic E-state index is 4.82. The lowest BCUT2D eigenvalue weighted by atomic mass is 10.1. The topological polar surface area (TPSA) is 71.8 Å². The lowest BCUT2D eigenvalue weighted by molar-refractivity contribution is 0.758. The Kier molecular flexibility index (Phi) is 3.34. The van der Waals surface area contributed by atoms with Crippen molar-refractivity contribution in [3.05, 3.63) is 45.6 Å². The van der Waals surface area contributed by atoms with E-state index < -0.39 is 0 Å². The van der Waals surface area contributed by atoms with E-state index in [1.54, 1.807) is 11.8 Å². The Morgan fingerprint density at radius 3 is 3.00 bits per heavy atom. The minimum atomic E-state index is 0.723. The van der Waals surface area contributed by atoms with Gasteiger partial charge in [-0.2, -0.15) is 14.9 Å². The summed E-state index contributed by atoms with van der Waals surface area (Å²) >= 11 is 5.26. The van der Waals surface area contributed by atoms with Crippen LogP contribution in [-0.4, -0.2) is 36.5 Å². The fourth-order valence-electron chi connectivity index (χ4n) is 3.21. The zero-order valence-corrected chi connectivity index (χ0v) is 15.1. The van der Waals surface area contributed by atoms with Crippen molar-refractivity contribution in [3.63, 3.8) is 0 Å². The molecule has 1 N–H and O–H groups in total. The van der Waals surface area contributed by atoms with Crippen molar-refractivity contribution in [3.8, 4) is 11.5 Å². The number of nitrogens with zero attached hydrogens (tertiary/aromatic N) is 5. The molecule has 0 bridgehead atoms. The van der Waals surface area contributed by atoms with Gasteiger partial charge in [0.1, 0.15) is 5.69 Å². The van der Waals surface area contributed by atoms with Crippen LogP contribution < -0.4 is 0 Å². The van der Waals surface area contributed by atoms with Crippen LogP contribution in [-0.2, 0) is 12.8 Å². The number of nitrogens with one attached hydrogen (secondary N) is 1. The summed E-state index contributed by atoms with van der Waals surface area (Å²) in [6, 6.07) is 8.14. The Balaban J connectivity index is 1.64. The second-order valence-electron chi connectivity index (χ2n) is 5.82. The number of aromatic amines is 1. The summed E-state index contributed by atoms with van der Waals surface area (Å²) in [6.45, 7) is 0. The van der Waals surface area contributed by atoms with E-state index in [4.69, 9.17) is 5.10 Å². The van der Waals surface area contributed by atoms with E-state index in [1.807, 2.05) is 22.9 Å². The highest BCUT2D eigenvalue weighted by atomic mass is 79.9. The molecule has 0 saturated carbocycles. The normalized spacial score (nSPS) is 16.0. The fraction of sp³-hybridized carbons (Fsp3) is 0.250. The van der Waals surface area contributed by atoms with Crippen molar-refractivity contribution in [2.24, 2.45) is 5.10 Å². The van der Waals surface area contributed by atoms with Crippen LogP contribution in [0.4, 0.5) is 0 Å². The first-order valence-electron chi connectivity index (χ1n) is 7.79. The largest absolute Gasteiger partial charge is 0.282 e. The molecule has 0 spiro atoms. The third-order valence-electron chi connectivity index (χ3n) is 4.37. The van der Waals surface area contributed by atoms with Crippen LogP contribution >= 0.6 is 27.7 Å². The Hall–Kier alpha value is -1.93. The molecule has 24 heavy (non-hydrogen) atoms. The van der Waals surface area contributed by atoms with Gasteiger partial charge < -0.3 is 0 Å². The highest BCUT2D eigenvalue weighted by Gasteiger charge is 2.27. The minimum absolute atomic E-state index is 0.723. The Morgan fingerprint density at radius 2 is 2.08 bits per heavy atom. The van der Waals surface area contributed by atoms with Gasteiger partial charge in [0, 0.05) is 27.0 Å². The van der Waals surface area contributed by atoms with Crippen LogP contribution in [0.2, 0.25) is 0 Å². The predicted molar refractivity (Wildman–Crippen MR) is 96.4 cm³/mol. The zero-order valence-electron chi connectivity index (χ0n) is 12.7. The van der Waals surface area contributed by atoms with Gasteiger partial charge in [-0.1, -0.05) is 45.9 Å². The lowest BCUT2D eigenvalue weighted by Crippen LogP contribution is -2.14. The first-order valence-corrected chi connectivity index (χ1v) is 9.56. The second-order valence-corrected chi connectivity index (χ2v) is 7.61. The number of halogens is 1. The lowest BCUT2D eigenvalue weighted by Gasteiger charge is -2.14. The highest BCUT2D eigenvalue weighted by molar-refractivity contribution is 9.10. The molecule has 8 heteroatoms. The van der Waals surface area contributed by atoms with Crippen LogP contribution in [0.15, 0.2) is 39.0 Å². The first kappa shape index (κ1) is 14.4. The molecule has 5 rings (SSSR count). The molecule has 0 radical (unpaired) electrons. The number of aryl methyl sites for hydroxylation is 1. The smallest absolute Gasteiger partial charge is 0.212 e. The van der Waals surface area contributed by atoms with Crippen LogP contribution in [0.3, 0.4) is 0 Å². The maximum Gasteiger partial charge on any atom is 0.212 e. The van der Waals surface area contributed by atoms with Crippen molar-refractivity contribution in [1.29, 1.82) is 0 Å². The molecule has 0 amide bonds. The number of rotatable bonds is 2. The number of aromatic nitrogens is 5. The number of H-pyrrole nitrogens is 1. The highest BCUT2D eigenvalue weighted by Crippen LogP contribution is 2.33. The van der Waals surface area contributed by atoms with Crippen molar-refractivity contribution in [2.75, 3.05) is 5.75 Å². The third-order valence-corrected chi connectivity index (χ3v) is 6.00. The summed E-state index contributed by atoms with van der Waals surface area (Å²) < 4.78 is 2.88. The van der Waals surface area contributed by atoms with Gasteiger partial charge in [-0.05, 0) is 25.3 Å². The SMILES string of the molecule is Brc1ccccc1C1=Nn2c(nnc2-c2n[nH]c3c2CCC3)SC1. The van der Waals surface area contributed by atoms with Crippen LogP contribution in [0.5, 0.6) is 0 Å².